The summed E-state index contributed by atoms with van der Waals surface area (Å²) in [5.41, 5.74) is 0.580. The van der Waals surface area contributed by atoms with Gasteiger partial charge < -0.3 is 4.74 Å². The molecular formula is C13H7BrCl3NO3. The standard InChI is InChI=1S/C13H7BrCl3NO3/c14-9-2-1-7(3-12(9)18(19)20)6-21-13-10(16)4-8(15)5-11(13)17/h1-5H,6H2. The summed E-state index contributed by atoms with van der Waals surface area (Å²) in [4.78, 5) is 10.4. The molecule has 0 aliphatic rings. The summed E-state index contributed by atoms with van der Waals surface area (Å²) in [6.45, 7) is 0.0925. The van der Waals surface area contributed by atoms with Crippen molar-refractivity contribution in [3.8, 4) is 5.75 Å². The molecular weight excluding hydrogens is 404 g/mol. The van der Waals surface area contributed by atoms with E-state index in [9.17, 15) is 10.1 Å². The van der Waals surface area contributed by atoms with Crippen molar-refractivity contribution in [1.82, 2.24) is 0 Å². The molecule has 8 heteroatoms. The molecule has 0 aliphatic heterocycles. The van der Waals surface area contributed by atoms with Crippen molar-refractivity contribution in [2.75, 3.05) is 0 Å². The van der Waals surface area contributed by atoms with Gasteiger partial charge in [-0.25, -0.2) is 0 Å². The fourth-order valence-corrected chi connectivity index (χ4v) is 2.93. The summed E-state index contributed by atoms with van der Waals surface area (Å²) >= 11 is 20.9. The summed E-state index contributed by atoms with van der Waals surface area (Å²) in [5.74, 6) is 0.285. The van der Waals surface area contributed by atoms with Crippen LogP contribution in [0.2, 0.25) is 15.1 Å². The summed E-state index contributed by atoms with van der Waals surface area (Å²) < 4.78 is 5.92. The number of benzene rings is 2. The molecule has 0 bridgehead atoms. The van der Waals surface area contributed by atoms with E-state index in [-0.39, 0.29) is 28.1 Å². The van der Waals surface area contributed by atoms with Crippen molar-refractivity contribution in [2.45, 2.75) is 6.61 Å². The largest absolute Gasteiger partial charge is 0.486 e. The van der Waals surface area contributed by atoms with Crippen molar-refractivity contribution in [3.05, 3.63) is 65.6 Å². The number of nitro groups is 1. The second-order valence-corrected chi connectivity index (χ2v) is 6.14. The van der Waals surface area contributed by atoms with E-state index in [4.69, 9.17) is 39.5 Å². The molecule has 0 aromatic heterocycles. The van der Waals surface area contributed by atoms with Gasteiger partial charge in [-0.15, -0.1) is 0 Å². The van der Waals surface area contributed by atoms with Gasteiger partial charge in [0.15, 0.2) is 5.75 Å². The number of nitro benzene ring substituents is 1. The van der Waals surface area contributed by atoms with Crippen LogP contribution >= 0.6 is 50.7 Å². The van der Waals surface area contributed by atoms with Crippen molar-refractivity contribution in [1.29, 1.82) is 0 Å². The summed E-state index contributed by atoms with van der Waals surface area (Å²) in [6, 6.07) is 7.72. The first-order chi connectivity index (χ1) is 9.88. The fourth-order valence-electron chi connectivity index (χ4n) is 1.61. The van der Waals surface area contributed by atoms with Gasteiger partial charge in [0.1, 0.15) is 6.61 Å². The quantitative estimate of drug-likeness (QED) is 0.465. The average Bonchev–Trinajstić information content (AvgIpc) is 2.38. The van der Waals surface area contributed by atoms with Crippen molar-refractivity contribution >= 4 is 56.4 Å². The maximum absolute atomic E-state index is 10.9. The molecule has 0 aliphatic carbocycles. The highest BCUT2D eigenvalue weighted by Gasteiger charge is 2.14. The summed E-state index contributed by atoms with van der Waals surface area (Å²) in [7, 11) is 0. The number of hydrogen-bond acceptors (Lipinski definition) is 3. The van der Waals surface area contributed by atoms with Crippen LogP contribution in [0.1, 0.15) is 5.56 Å². The van der Waals surface area contributed by atoms with Crippen molar-refractivity contribution in [3.63, 3.8) is 0 Å². The predicted molar refractivity (Wildman–Crippen MR) is 86.6 cm³/mol. The number of nitrogens with zero attached hydrogens (tertiary/aromatic N) is 1. The van der Waals surface area contributed by atoms with E-state index in [0.717, 1.165) is 0 Å². The smallest absolute Gasteiger partial charge is 0.283 e. The molecule has 0 amide bonds. The Morgan fingerprint density at radius 1 is 1.14 bits per heavy atom. The highest BCUT2D eigenvalue weighted by molar-refractivity contribution is 9.10. The minimum Gasteiger partial charge on any atom is -0.486 e. The monoisotopic (exact) mass is 409 g/mol. The Morgan fingerprint density at radius 2 is 1.76 bits per heavy atom. The molecule has 0 atom stereocenters. The number of rotatable bonds is 4. The summed E-state index contributed by atoms with van der Waals surface area (Å²) in [6.07, 6.45) is 0. The SMILES string of the molecule is O=[N+]([O-])c1cc(COc2c(Cl)cc(Cl)cc2Cl)ccc1Br. The van der Waals surface area contributed by atoms with Gasteiger partial charge in [-0.2, -0.15) is 0 Å². The van der Waals surface area contributed by atoms with Gasteiger partial charge in [0.2, 0.25) is 0 Å². The van der Waals surface area contributed by atoms with Gasteiger partial charge in [-0.3, -0.25) is 10.1 Å². The molecule has 2 aromatic rings. The Balaban J connectivity index is 2.21. The number of hydrogen-bond donors (Lipinski definition) is 0. The summed E-state index contributed by atoms with van der Waals surface area (Å²) in [5, 5.41) is 11.8. The normalized spacial score (nSPS) is 10.5. The second-order valence-electron chi connectivity index (χ2n) is 4.03. The Morgan fingerprint density at radius 3 is 2.33 bits per heavy atom. The Bertz CT molecular complexity index is 686. The van der Waals surface area contributed by atoms with Crippen LogP contribution in [0.25, 0.3) is 0 Å². The second kappa shape index (κ2) is 6.83. The maximum atomic E-state index is 10.9. The molecule has 0 saturated carbocycles. The van der Waals surface area contributed by atoms with Crippen LogP contribution in [0.4, 0.5) is 5.69 Å². The van der Waals surface area contributed by atoms with Crippen molar-refractivity contribution < 1.29 is 9.66 Å². The van der Waals surface area contributed by atoms with Crippen LogP contribution in [0.15, 0.2) is 34.8 Å². The van der Waals surface area contributed by atoms with Crippen LogP contribution < -0.4 is 4.74 Å². The van der Waals surface area contributed by atoms with Crippen LogP contribution in [-0.4, -0.2) is 4.92 Å². The van der Waals surface area contributed by atoms with Gasteiger partial charge in [0, 0.05) is 11.1 Å². The molecule has 0 radical (unpaired) electrons. The minimum atomic E-state index is -0.476. The molecule has 0 heterocycles. The fraction of sp³-hybridized carbons (Fsp3) is 0.0769. The lowest BCUT2D eigenvalue weighted by Gasteiger charge is -2.10. The molecule has 0 N–H and O–H groups in total. The van der Waals surface area contributed by atoms with E-state index in [0.29, 0.717) is 15.1 Å². The van der Waals surface area contributed by atoms with E-state index in [1.165, 1.54) is 18.2 Å². The molecule has 2 aromatic carbocycles. The first-order valence-corrected chi connectivity index (χ1v) is 7.51. The molecule has 0 unspecified atom stereocenters. The zero-order valence-corrected chi connectivity index (χ0v) is 14.1. The zero-order valence-electron chi connectivity index (χ0n) is 10.3. The highest BCUT2D eigenvalue weighted by atomic mass is 79.9. The van der Waals surface area contributed by atoms with Gasteiger partial charge in [-0.05, 0) is 39.7 Å². The molecule has 0 saturated heterocycles. The van der Waals surface area contributed by atoms with E-state index >= 15 is 0 Å². The van der Waals surface area contributed by atoms with Crippen LogP contribution in [0.5, 0.6) is 5.75 Å². The van der Waals surface area contributed by atoms with E-state index in [2.05, 4.69) is 15.9 Å². The van der Waals surface area contributed by atoms with E-state index in [1.807, 2.05) is 0 Å². The first-order valence-electron chi connectivity index (χ1n) is 5.58. The molecule has 4 nitrogen and oxygen atoms in total. The van der Waals surface area contributed by atoms with Gasteiger partial charge in [0.25, 0.3) is 5.69 Å². The third-order valence-electron chi connectivity index (χ3n) is 2.55. The molecule has 21 heavy (non-hydrogen) atoms. The zero-order chi connectivity index (χ0) is 15.6. The maximum Gasteiger partial charge on any atom is 0.283 e. The van der Waals surface area contributed by atoms with Gasteiger partial charge >= 0.3 is 0 Å². The number of ether oxygens (including phenoxy) is 1. The van der Waals surface area contributed by atoms with Crippen LogP contribution in [-0.2, 0) is 6.61 Å². The lowest BCUT2D eigenvalue weighted by Crippen LogP contribution is -1.98. The predicted octanol–water partition coefficient (Wildman–Crippen LogP) is 5.90. The third-order valence-corrected chi connectivity index (χ3v) is 4.00. The van der Waals surface area contributed by atoms with Crippen LogP contribution in [0.3, 0.4) is 0 Å². The van der Waals surface area contributed by atoms with Gasteiger partial charge in [0.05, 0.1) is 19.4 Å². The lowest BCUT2D eigenvalue weighted by atomic mass is 10.2. The molecule has 0 spiro atoms. The minimum absolute atomic E-state index is 0.0376. The Kier molecular flexibility index (Phi) is 5.32. The Hall–Kier alpha value is -1.01. The lowest BCUT2D eigenvalue weighted by molar-refractivity contribution is -0.385. The molecule has 2 rings (SSSR count). The van der Waals surface area contributed by atoms with Crippen molar-refractivity contribution in [2.24, 2.45) is 0 Å². The average molecular weight is 411 g/mol. The topological polar surface area (TPSA) is 52.4 Å². The Labute approximate surface area is 143 Å². The highest BCUT2D eigenvalue weighted by Crippen LogP contribution is 2.36. The first kappa shape index (κ1) is 16.4. The molecule has 0 fully saturated rings. The number of halogens is 4. The molecule has 110 valence electrons. The third kappa shape index (κ3) is 4.01. The van der Waals surface area contributed by atoms with Crippen LogP contribution in [0, 0.1) is 10.1 Å². The van der Waals surface area contributed by atoms with E-state index < -0.39 is 4.92 Å². The van der Waals surface area contributed by atoms with E-state index in [1.54, 1.807) is 12.1 Å². The van der Waals surface area contributed by atoms with Gasteiger partial charge in [-0.1, -0.05) is 40.9 Å².